The molecule has 0 saturated carbocycles. The Labute approximate surface area is 276 Å². The molecule has 47 heavy (non-hydrogen) atoms. The van der Waals surface area contributed by atoms with Gasteiger partial charge in [-0.25, -0.2) is 4.79 Å². The van der Waals surface area contributed by atoms with E-state index in [1.807, 2.05) is 6.08 Å². The summed E-state index contributed by atoms with van der Waals surface area (Å²) in [5.74, 6) is -2.69. The number of fused-ring (bicyclic) bond motifs is 2. The van der Waals surface area contributed by atoms with Crippen molar-refractivity contribution in [1.82, 2.24) is 4.98 Å². The third-order valence-corrected chi connectivity index (χ3v) is 10.6. The molecule has 10 atom stereocenters. The lowest BCUT2D eigenvalue weighted by Crippen LogP contribution is -2.58. The number of allylic oxidation sites excluding steroid dienone is 4. The van der Waals surface area contributed by atoms with Gasteiger partial charge in [0.15, 0.2) is 5.79 Å². The number of hydrogen-bond donors (Lipinski definition) is 3. The van der Waals surface area contributed by atoms with Crippen LogP contribution in [0.15, 0.2) is 65.4 Å². The van der Waals surface area contributed by atoms with Crippen LogP contribution in [-0.2, 0) is 28.5 Å². The van der Waals surface area contributed by atoms with Gasteiger partial charge < -0.3 is 38.9 Å². The van der Waals surface area contributed by atoms with E-state index < -0.39 is 47.6 Å². The standard InChI is InChI=1S/C37H49NO9/c1-5-31-24(4)13-14-36(47-31)19-28-18-27(46-36)12-11-23(3)16-22(2)8-6-9-26-21-43-33-32(39)25(17-29(34(40)45-28)37(26,33)42)20-44-35(41)30-10-7-15-38-30/h6-11,15,17,22,24,27-29,31-33,38-39,42H,5,12-14,16,18-21H2,1-4H3/b8-6-,23-11-,26-9-/t22-,24-,27+,28-,29-,31+,32+,33+,36+,37+/m0/s1. The first kappa shape index (κ1) is 33.9. The van der Waals surface area contributed by atoms with E-state index in [2.05, 4.69) is 44.8 Å². The molecule has 0 amide bonds. The second kappa shape index (κ2) is 13.8. The SMILES string of the molecule is CC[C@H]1O[C@]2(CC[C@@H]1C)C[C@@H]1C[C@@H](C/C=C(/C)C[C@@H](C)/C=C\C=C3\CO[C@@H]4[C@H](O)C(COC(=O)c5ccc[nH]5)=C[C@@H](C(=O)O1)[C@]34O)O2. The minimum atomic E-state index is -1.86. The molecule has 0 radical (unpaired) electrons. The van der Waals surface area contributed by atoms with Crippen molar-refractivity contribution in [1.29, 1.82) is 0 Å². The summed E-state index contributed by atoms with van der Waals surface area (Å²) in [6.45, 7) is 8.32. The van der Waals surface area contributed by atoms with Crippen LogP contribution < -0.4 is 0 Å². The van der Waals surface area contributed by atoms with Crippen LogP contribution in [0.2, 0.25) is 0 Å². The predicted molar refractivity (Wildman–Crippen MR) is 173 cm³/mol. The molecular weight excluding hydrogens is 602 g/mol. The van der Waals surface area contributed by atoms with Crippen molar-refractivity contribution in [3.05, 3.63) is 71.1 Å². The van der Waals surface area contributed by atoms with Crippen molar-refractivity contribution in [3.63, 3.8) is 0 Å². The fourth-order valence-corrected chi connectivity index (χ4v) is 7.95. The molecule has 5 heterocycles. The van der Waals surface area contributed by atoms with Crippen molar-refractivity contribution in [3.8, 4) is 0 Å². The minimum absolute atomic E-state index is 0.0237. The molecule has 6 rings (SSSR count). The average molecular weight is 652 g/mol. The Balaban J connectivity index is 1.34. The number of nitrogens with one attached hydrogen (secondary N) is 1. The molecule has 10 nitrogen and oxygen atoms in total. The summed E-state index contributed by atoms with van der Waals surface area (Å²) in [5, 5.41) is 23.7. The molecule has 1 aromatic heterocycles. The Hall–Kier alpha value is -3.02. The number of aromatic nitrogens is 1. The molecule has 3 N–H and O–H groups in total. The van der Waals surface area contributed by atoms with Crippen LogP contribution in [0, 0.1) is 17.8 Å². The second-order valence-corrected chi connectivity index (χ2v) is 14.2. The number of esters is 2. The van der Waals surface area contributed by atoms with E-state index >= 15 is 0 Å². The van der Waals surface area contributed by atoms with E-state index in [0.29, 0.717) is 37.2 Å². The molecule has 1 aliphatic carbocycles. The fourth-order valence-electron chi connectivity index (χ4n) is 7.95. The maximum Gasteiger partial charge on any atom is 0.355 e. The predicted octanol–water partition coefficient (Wildman–Crippen LogP) is 5.09. The Bertz CT molecular complexity index is 1430. The van der Waals surface area contributed by atoms with Gasteiger partial charge >= 0.3 is 11.9 Å². The molecule has 2 bridgehead atoms. The van der Waals surface area contributed by atoms with Crippen LogP contribution in [0.3, 0.4) is 0 Å². The van der Waals surface area contributed by atoms with Gasteiger partial charge in [-0.2, -0.15) is 0 Å². The Morgan fingerprint density at radius 2 is 2.04 bits per heavy atom. The zero-order chi connectivity index (χ0) is 33.3. The third-order valence-electron chi connectivity index (χ3n) is 10.6. The zero-order valence-corrected chi connectivity index (χ0v) is 27.9. The van der Waals surface area contributed by atoms with E-state index in [4.69, 9.17) is 23.7 Å². The van der Waals surface area contributed by atoms with Crippen LogP contribution in [0.5, 0.6) is 0 Å². The Morgan fingerprint density at radius 3 is 2.81 bits per heavy atom. The highest BCUT2D eigenvalue weighted by atomic mass is 16.7. The lowest BCUT2D eigenvalue weighted by Gasteiger charge is -2.50. The van der Waals surface area contributed by atoms with Gasteiger partial charge in [-0.3, -0.25) is 4.79 Å². The minimum Gasteiger partial charge on any atom is -0.462 e. The van der Waals surface area contributed by atoms with Gasteiger partial charge in [0.1, 0.15) is 42.1 Å². The van der Waals surface area contributed by atoms with E-state index in [9.17, 15) is 19.8 Å². The summed E-state index contributed by atoms with van der Waals surface area (Å²) in [6.07, 6.45) is 12.8. The molecule has 0 unspecified atom stereocenters. The van der Waals surface area contributed by atoms with Crippen LogP contribution in [-0.4, -0.2) is 82.3 Å². The summed E-state index contributed by atoms with van der Waals surface area (Å²) < 4.78 is 31.2. The zero-order valence-electron chi connectivity index (χ0n) is 27.9. The summed E-state index contributed by atoms with van der Waals surface area (Å²) in [5.41, 5.74) is 0.380. The molecule has 5 aliphatic rings. The summed E-state index contributed by atoms with van der Waals surface area (Å²) in [4.78, 5) is 29.7. The van der Waals surface area contributed by atoms with E-state index in [-0.39, 0.29) is 42.6 Å². The highest BCUT2D eigenvalue weighted by Crippen LogP contribution is 2.47. The first-order valence-electron chi connectivity index (χ1n) is 17.1. The molecule has 10 heteroatoms. The van der Waals surface area contributed by atoms with E-state index in [1.165, 1.54) is 11.6 Å². The van der Waals surface area contributed by atoms with Crippen LogP contribution in [0.4, 0.5) is 0 Å². The van der Waals surface area contributed by atoms with Crippen molar-refractivity contribution >= 4 is 11.9 Å². The highest BCUT2D eigenvalue weighted by Gasteiger charge is 2.60. The van der Waals surface area contributed by atoms with Crippen LogP contribution in [0.25, 0.3) is 0 Å². The van der Waals surface area contributed by atoms with Gasteiger partial charge in [-0.05, 0) is 67.7 Å². The number of rotatable bonds is 4. The first-order chi connectivity index (χ1) is 22.5. The number of ether oxygens (including phenoxy) is 5. The lowest BCUT2D eigenvalue weighted by molar-refractivity contribution is -0.335. The maximum atomic E-state index is 14.3. The molecule has 256 valence electrons. The van der Waals surface area contributed by atoms with Crippen LogP contribution in [0.1, 0.15) is 83.1 Å². The summed E-state index contributed by atoms with van der Waals surface area (Å²) in [7, 11) is 0. The van der Waals surface area contributed by atoms with Crippen molar-refractivity contribution in [2.45, 2.75) is 115 Å². The number of hydrogen-bond acceptors (Lipinski definition) is 9. The molecule has 1 spiro atoms. The fraction of sp³-hybridized carbons (Fsp3) is 0.622. The van der Waals surface area contributed by atoms with Crippen molar-refractivity contribution < 1.29 is 43.5 Å². The lowest BCUT2D eigenvalue weighted by atomic mass is 9.70. The first-order valence-corrected chi connectivity index (χ1v) is 17.1. The second-order valence-electron chi connectivity index (χ2n) is 14.2. The number of aliphatic hydroxyl groups is 2. The molecule has 4 aliphatic heterocycles. The smallest absolute Gasteiger partial charge is 0.355 e. The topological polar surface area (TPSA) is 137 Å². The summed E-state index contributed by atoms with van der Waals surface area (Å²) in [6, 6.07) is 3.27. The van der Waals surface area contributed by atoms with Gasteiger partial charge in [0.2, 0.25) is 0 Å². The van der Waals surface area contributed by atoms with Gasteiger partial charge in [-0.1, -0.05) is 56.7 Å². The molecular formula is C37H49NO9. The Morgan fingerprint density at radius 1 is 1.21 bits per heavy atom. The van der Waals surface area contributed by atoms with Gasteiger partial charge in [0.25, 0.3) is 0 Å². The number of carbonyl (C=O) groups is 2. The third kappa shape index (κ3) is 6.94. The van der Waals surface area contributed by atoms with E-state index in [1.54, 1.807) is 24.4 Å². The normalized spacial score (nSPS) is 42.3. The number of aromatic amines is 1. The molecule has 0 aromatic carbocycles. The molecule has 3 fully saturated rings. The highest BCUT2D eigenvalue weighted by molar-refractivity contribution is 5.87. The Kier molecular flexibility index (Phi) is 9.97. The summed E-state index contributed by atoms with van der Waals surface area (Å²) >= 11 is 0. The van der Waals surface area contributed by atoms with Crippen LogP contribution >= 0.6 is 0 Å². The number of carbonyl (C=O) groups excluding carboxylic acids is 2. The quantitative estimate of drug-likeness (QED) is 0.301. The molecule has 1 aromatic rings. The van der Waals surface area contributed by atoms with Gasteiger partial charge in [-0.15, -0.1) is 0 Å². The van der Waals surface area contributed by atoms with Crippen molar-refractivity contribution in [2.24, 2.45) is 17.8 Å². The van der Waals surface area contributed by atoms with E-state index in [0.717, 1.165) is 19.3 Å². The average Bonchev–Trinajstić information content (AvgIpc) is 3.69. The number of aliphatic hydroxyl groups excluding tert-OH is 1. The van der Waals surface area contributed by atoms with Gasteiger partial charge in [0.05, 0.1) is 18.8 Å². The van der Waals surface area contributed by atoms with Gasteiger partial charge in [0, 0.05) is 25.5 Å². The van der Waals surface area contributed by atoms with Crippen molar-refractivity contribution in [2.75, 3.05) is 13.2 Å². The number of H-pyrrole nitrogens is 1. The maximum absolute atomic E-state index is 14.3. The molecule has 3 saturated heterocycles. The largest absolute Gasteiger partial charge is 0.462 e. The monoisotopic (exact) mass is 651 g/mol.